The van der Waals surface area contributed by atoms with E-state index in [0.29, 0.717) is 13.0 Å². The molecule has 5 heteroatoms. The van der Waals surface area contributed by atoms with Gasteiger partial charge in [0.1, 0.15) is 5.82 Å². The first-order valence-electron chi connectivity index (χ1n) is 6.47. The molecule has 1 aliphatic heterocycles. The lowest BCUT2D eigenvalue weighted by molar-refractivity contribution is -0.118. The van der Waals surface area contributed by atoms with E-state index in [9.17, 15) is 4.79 Å². The fraction of sp³-hybridized carbons (Fsp3) is 0.692. The number of carbonyl (C=O) groups is 1. The molecule has 0 saturated heterocycles. The zero-order valence-corrected chi connectivity index (χ0v) is 11.4. The maximum absolute atomic E-state index is 11.0. The summed E-state index contributed by atoms with van der Waals surface area (Å²) in [5.74, 6) is 0.795. The smallest absolute Gasteiger partial charge is 0.219 e. The number of hydrogen-bond acceptors (Lipinski definition) is 3. The van der Waals surface area contributed by atoms with E-state index in [1.165, 1.54) is 5.69 Å². The summed E-state index contributed by atoms with van der Waals surface area (Å²) in [5, 5.41) is 3.33. The molecule has 0 radical (unpaired) electrons. The molecule has 0 aromatic carbocycles. The quantitative estimate of drug-likeness (QED) is 0.829. The predicted octanol–water partition coefficient (Wildman–Crippen LogP) is 0.702. The Morgan fingerprint density at radius 1 is 1.50 bits per heavy atom. The number of aromatic nitrogens is 2. The van der Waals surface area contributed by atoms with Crippen LogP contribution in [0.1, 0.15) is 44.4 Å². The van der Waals surface area contributed by atoms with Gasteiger partial charge in [0, 0.05) is 43.6 Å². The second kappa shape index (κ2) is 4.72. The Balaban J connectivity index is 2.39. The Labute approximate surface area is 108 Å². The van der Waals surface area contributed by atoms with Gasteiger partial charge in [-0.15, -0.1) is 0 Å². The number of imidazole rings is 1. The van der Waals surface area contributed by atoms with Crippen LogP contribution in [0.2, 0.25) is 0 Å². The molecule has 1 amide bonds. The third kappa shape index (κ3) is 2.56. The number of hydrogen-bond donors (Lipinski definition) is 2. The van der Waals surface area contributed by atoms with Crippen molar-refractivity contribution in [2.75, 3.05) is 6.54 Å². The topological polar surface area (TPSA) is 72.9 Å². The van der Waals surface area contributed by atoms with Gasteiger partial charge < -0.3 is 15.6 Å². The van der Waals surface area contributed by atoms with Gasteiger partial charge in [0.15, 0.2) is 0 Å². The van der Waals surface area contributed by atoms with Crippen LogP contribution in [-0.4, -0.2) is 22.0 Å². The first-order valence-corrected chi connectivity index (χ1v) is 6.47. The molecule has 0 bridgehead atoms. The van der Waals surface area contributed by atoms with Crippen LogP contribution in [0.15, 0.2) is 0 Å². The molecule has 1 aliphatic rings. The number of rotatable bonds is 3. The number of carbonyl (C=O) groups excluding carboxylic acids is 1. The molecular formula is C13H22N4O. The van der Waals surface area contributed by atoms with E-state index in [-0.39, 0.29) is 11.3 Å². The van der Waals surface area contributed by atoms with Crippen LogP contribution in [0.4, 0.5) is 0 Å². The van der Waals surface area contributed by atoms with E-state index in [4.69, 9.17) is 10.7 Å². The van der Waals surface area contributed by atoms with Crippen molar-refractivity contribution in [3.05, 3.63) is 17.2 Å². The summed E-state index contributed by atoms with van der Waals surface area (Å²) in [7, 11) is 0. The van der Waals surface area contributed by atoms with E-state index in [2.05, 4.69) is 30.7 Å². The summed E-state index contributed by atoms with van der Waals surface area (Å²) >= 11 is 0. The zero-order chi connectivity index (χ0) is 13.3. The number of nitrogens with two attached hydrogens (primary N) is 1. The second-order valence-electron chi connectivity index (χ2n) is 5.87. The Hall–Kier alpha value is -1.36. The lowest BCUT2D eigenvalue weighted by Crippen LogP contribution is -2.26. The maximum Gasteiger partial charge on any atom is 0.219 e. The van der Waals surface area contributed by atoms with Crippen molar-refractivity contribution in [2.24, 2.45) is 5.73 Å². The molecule has 5 nitrogen and oxygen atoms in total. The molecule has 0 spiro atoms. The number of nitrogens with zero attached hydrogens (tertiary/aromatic N) is 2. The molecule has 0 atom stereocenters. The van der Waals surface area contributed by atoms with Crippen molar-refractivity contribution in [3.8, 4) is 0 Å². The lowest BCUT2D eigenvalue weighted by atomic mass is 9.95. The van der Waals surface area contributed by atoms with Crippen LogP contribution in [0.25, 0.3) is 0 Å². The van der Waals surface area contributed by atoms with Gasteiger partial charge in [-0.3, -0.25) is 4.79 Å². The molecule has 1 aromatic rings. The average Bonchev–Trinajstić information content (AvgIpc) is 2.64. The van der Waals surface area contributed by atoms with Gasteiger partial charge in [-0.25, -0.2) is 4.98 Å². The minimum Gasteiger partial charge on any atom is -0.370 e. The van der Waals surface area contributed by atoms with Crippen LogP contribution >= 0.6 is 0 Å². The fourth-order valence-electron chi connectivity index (χ4n) is 2.41. The average molecular weight is 250 g/mol. The molecule has 2 rings (SSSR count). The monoisotopic (exact) mass is 250 g/mol. The molecule has 18 heavy (non-hydrogen) atoms. The lowest BCUT2D eigenvalue weighted by Gasteiger charge is -2.21. The van der Waals surface area contributed by atoms with E-state index in [0.717, 1.165) is 31.0 Å². The van der Waals surface area contributed by atoms with Crippen LogP contribution in [0.3, 0.4) is 0 Å². The molecule has 0 saturated carbocycles. The molecule has 3 N–H and O–H groups in total. The van der Waals surface area contributed by atoms with Gasteiger partial charge in [-0.05, 0) is 0 Å². The first kappa shape index (κ1) is 13.1. The standard InChI is InChI=1S/C13H22N4O/c1-13(2,3)12-16-9-8-15-6-4-10(9)17(12)7-5-11(14)18/h15H,4-8H2,1-3H3,(H2,14,18). The number of fused-ring (bicyclic) bond motifs is 1. The fourth-order valence-corrected chi connectivity index (χ4v) is 2.41. The third-order valence-corrected chi connectivity index (χ3v) is 3.24. The van der Waals surface area contributed by atoms with Gasteiger partial charge >= 0.3 is 0 Å². The predicted molar refractivity (Wildman–Crippen MR) is 70.1 cm³/mol. The molecule has 1 aromatic heterocycles. The Morgan fingerprint density at radius 2 is 2.22 bits per heavy atom. The highest BCUT2D eigenvalue weighted by Gasteiger charge is 2.26. The molecule has 2 heterocycles. The van der Waals surface area contributed by atoms with Crippen molar-refractivity contribution < 1.29 is 4.79 Å². The van der Waals surface area contributed by atoms with Crippen LogP contribution < -0.4 is 11.1 Å². The maximum atomic E-state index is 11.0. The van der Waals surface area contributed by atoms with Crippen LogP contribution in [-0.2, 0) is 29.7 Å². The molecular weight excluding hydrogens is 228 g/mol. The van der Waals surface area contributed by atoms with E-state index in [1.54, 1.807) is 0 Å². The second-order valence-corrected chi connectivity index (χ2v) is 5.87. The number of primary amides is 1. The highest BCUT2D eigenvalue weighted by Crippen LogP contribution is 2.26. The number of nitrogens with one attached hydrogen (secondary N) is 1. The first-order chi connectivity index (χ1) is 8.39. The summed E-state index contributed by atoms with van der Waals surface area (Å²) < 4.78 is 2.20. The van der Waals surface area contributed by atoms with Gasteiger partial charge in [0.2, 0.25) is 5.91 Å². The van der Waals surface area contributed by atoms with Crippen molar-refractivity contribution in [1.29, 1.82) is 0 Å². The molecule has 100 valence electrons. The Bertz CT molecular complexity index is 456. The Morgan fingerprint density at radius 3 is 2.83 bits per heavy atom. The normalized spacial score (nSPS) is 15.5. The summed E-state index contributed by atoms with van der Waals surface area (Å²) in [6, 6.07) is 0. The van der Waals surface area contributed by atoms with Crippen molar-refractivity contribution >= 4 is 5.91 Å². The van der Waals surface area contributed by atoms with Gasteiger partial charge in [-0.2, -0.15) is 0 Å². The van der Waals surface area contributed by atoms with E-state index in [1.807, 2.05) is 0 Å². The summed E-state index contributed by atoms with van der Waals surface area (Å²) in [6.07, 6.45) is 1.34. The van der Waals surface area contributed by atoms with E-state index < -0.39 is 0 Å². The van der Waals surface area contributed by atoms with Gasteiger partial charge in [0.25, 0.3) is 0 Å². The number of amides is 1. The molecule has 0 fully saturated rings. The van der Waals surface area contributed by atoms with E-state index >= 15 is 0 Å². The van der Waals surface area contributed by atoms with Gasteiger partial charge in [-0.1, -0.05) is 20.8 Å². The summed E-state index contributed by atoms with van der Waals surface area (Å²) in [4.78, 5) is 15.7. The van der Waals surface area contributed by atoms with Gasteiger partial charge in [0.05, 0.1) is 5.69 Å². The highest BCUT2D eigenvalue weighted by atomic mass is 16.1. The summed E-state index contributed by atoms with van der Waals surface area (Å²) in [6.45, 7) is 8.88. The van der Waals surface area contributed by atoms with Crippen LogP contribution in [0.5, 0.6) is 0 Å². The SMILES string of the molecule is CC(C)(C)c1nc2c(n1CCC(N)=O)CCNC2. The van der Waals surface area contributed by atoms with Crippen molar-refractivity contribution in [2.45, 2.75) is 52.1 Å². The molecule has 0 unspecified atom stereocenters. The zero-order valence-electron chi connectivity index (χ0n) is 11.4. The third-order valence-electron chi connectivity index (χ3n) is 3.24. The van der Waals surface area contributed by atoms with Crippen LogP contribution in [0, 0.1) is 0 Å². The minimum atomic E-state index is -0.258. The Kier molecular flexibility index (Phi) is 3.43. The minimum absolute atomic E-state index is 0.0189. The van der Waals surface area contributed by atoms with Crippen molar-refractivity contribution in [1.82, 2.24) is 14.9 Å². The van der Waals surface area contributed by atoms with Crippen molar-refractivity contribution in [3.63, 3.8) is 0 Å². The highest BCUT2D eigenvalue weighted by molar-refractivity contribution is 5.73. The molecule has 0 aliphatic carbocycles. The summed E-state index contributed by atoms with van der Waals surface area (Å²) in [5.41, 5.74) is 7.63. The largest absolute Gasteiger partial charge is 0.370 e.